The van der Waals surface area contributed by atoms with Gasteiger partial charge in [0.25, 0.3) is 0 Å². The van der Waals surface area contributed by atoms with Crippen LogP contribution in [0.5, 0.6) is 0 Å². The van der Waals surface area contributed by atoms with Crippen molar-refractivity contribution in [2.24, 2.45) is 0 Å². The largest absolute Gasteiger partial charge is 0.382 e. The fourth-order valence-electron chi connectivity index (χ4n) is 1.84. The van der Waals surface area contributed by atoms with Crippen LogP contribution in [-0.2, 0) is 9.84 Å². The standard InChI is InChI=1S/C14H23NO2S/c1-5-6-7-12(3)15-14-10-13(18(4,16)17)9-8-11(14)2/h8-10,12,15H,5-7H2,1-4H3. The van der Waals surface area contributed by atoms with Gasteiger partial charge in [0, 0.05) is 18.0 Å². The molecule has 0 bridgehead atoms. The highest BCUT2D eigenvalue weighted by Crippen LogP contribution is 2.21. The summed E-state index contributed by atoms with van der Waals surface area (Å²) < 4.78 is 23.1. The summed E-state index contributed by atoms with van der Waals surface area (Å²) in [5.74, 6) is 0. The van der Waals surface area contributed by atoms with Crippen LogP contribution < -0.4 is 5.32 Å². The van der Waals surface area contributed by atoms with E-state index in [4.69, 9.17) is 0 Å². The molecule has 0 aliphatic heterocycles. The summed E-state index contributed by atoms with van der Waals surface area (Å²) >= 11 is 0. The Morgan fingerprint density at radius 3 is 2.56 bits per heavy atom. The van der Waals surface area contributed by atoms with Crippen LogP contribution in [0.4, 0.5) is 5.69 Å². The molecule has 0 spiro atoms. The van der Waals surface area contributed by atoms with E-state index < -0.39 is 9.84 Å². The quantitative estimate of drug-likeness (QED) is 0.861. The normalized spacial score (nSPS) is 13.3. The Balaban J connectivity index is 2.88. The Morgan fingerprint density at radius 1 is 1.33 bits per heavy atom. The maximum Gasteiger partial charge on any atom is 0.175 e. The molecule has 1 rings (SSSR count). The zero-order chi connectivity index (χ0) is 13.8. The lowest BCUT2D eigenvalue weighted by atomic mass is 10.1. The smallest absolute Gasteiger partial charge is 0.175 e. The summed E-state index contributed by atoms with van der Waals surface area (Å²) in [6.07, 6.45) is 4.69. The lowest BCUT2D eigenvalue weighted by Gasteiger charge is -2.17. The third-order valence-corrected chi connectivity index (χ3v) is 4.14. The number of hydrogen-bond donors (Lipinski definition) is 1. The van der Waals surface area contributed by atoms with E-state index in [1.165, 1.54) is 19.1 Å². The van der Waals surface area contributed by atoms with Crippen molar-refractivity contribution >= 4 is 15.5 Å². The van der Waals surface area contributed by atoms with Gasteiger partial charge in [0.05, 0.1) is 4.90 Å². The van der Waals surface area contributed by atoms with Crippen molar-refractivity contribution in [1.82, 2.24) is 0 Å². The highest BCUT2D eigenvalue weighted by molar-refractivity contribution is 7.90. The molecule has 0 saturated heterocycles. The van der Waals surface area contributed by atoms with Gasteiger partial charge in [-0.1, -0.05) is 25.8 Å². The van der Waals surface area contributed by atoms with Crippen molar-refractivity contribution in [2.75, 3.05) is 11.6 Å². The topological polar surface area (TPSA) is 46.2 Å². The number of aryl methyl sites for hydroxylation is 1. The second-order valence-electron chi connectivity index (χ2n) is 4.94. The molecule has 0 fully saturated rings. The average molecular weight is 269 g/mol. The van der Waals surface area contributed by atoms with E-state index in [1.54, 1.807) is 12.1 Å². The van der Waals surface area contributed by atoms with Crippen molar-refractivity contribution < 1.29 is 8.42 Å². The summed E-state index contributed by atoms with van der Waals surface area (Å²) in [6.45, 7) is 6.28. The molecule has 4 heteroatoms. The fraction of sp³-hybridized carbons (Fsp3) is 0.571. The van der Waals surface area contributed by atoms with Crippen LogP contribution in [-0.4, -0.2) is 20.7 Å². The Kier molecular flexibility index (Phi) is 5.20. The molecule has 1 N–H and O–H groups in total. The molecule has 1 unspecified atom stereocenters. The number of benzene rings is 1. The number of anilines is 1. The molecular formula is C14H23NO2S. The van der Waals surface area contributed by atoms with Gasteiger partial charge in [-0.2, -0.15) is 0 Å². The van der Waals surface area contributed by atoms with Gasteiger partial charge in [-0.15, -0.1) is 0 Å². The minimum atomic E-state index is -3.13. The van der Waals surface area contributed by atoms with Crippen molar-refractivity contribution in [3.8, 4) is 0 Å². The molecule has 0 saturated carbocycles. The van der Waals surface area contributed by atoms with Gasteiger partial charge in [-0.05, 0) is 38.0 Å². The maximum atomic E-state index is 11.5. The Hall–Kier alpha value is -1.03. The van der Waals surface area contributed by atoms with Crippen molar-refractivity contribution in [3.05, 3.63) is 23.8 Å². The van der Waals surface area contributed by atoms with E-state index in [0.29, 0.717) is 10.9 Å². The molecule has 102 valence electrons. The predicted molar refractivity (Wildman–Crippen MR) is 76.9 cm³/mol. The van der Waals surface area contributed by atoms with Crippen LogP contribution >= 0.6 is 0 Å². The summed E-state index contributed by atoms with van der Waals surface area (Å²) in [5, 5.41) is 3.39. The minimum Gasteiger partial charge on any atom is -0.382 e. The second-order valence-corrected chi connectivity index (χ2v) is 6.95. The molecule has 1 aromatic rings. The molecule has 0 amide bonds. The van der Waals surface area contributed by atoms with E-state index in [2.05, 4.69) is 19.2 Å². The molecule has 0 radical (unpaired) electrons. The zero-order valence-electron chi connectivity index (χ0n) is 11.7. The second kappa shape index (κ2) is 6.23. The van der Waals surface area contributed by atoms with Crippen LogP contribution in [0, 0.1) is 6.92 Å². The van der Waals surface area contributed by atoms with Gasteiger partial charge in [0.15, 0.2) is 9.84 Å². The lowest BCUT2D eigenvalue weighted by molar-refractivity contribution is 0.601. The first kappa shape index (κ1) is 15.0. The van der Waals surface area contributed by atoms with Crippen LogP contribution in [0.3, 0.4) is 0 Å². The van der Waals surface area contributed by atoms with Crippen molar-refractivity contribution in [1.29, 1.82) is 0 Å². The zero-order valence-corrected chi connectivity index (χ0v) is 12.5. The third-order valence-electron chi connectivity index (χ3n) is 3.03. The van der Waals surface area contributed by atoms with E-state index in [1.807, 2.05) is 13.0 Å². The first-order valence-electron chi connectivity index (χ1n) is 6.42. The average Bonchev–Trinajstić information content (AvgIpc) is 2.28. The Morgan fingerprint density at radius 2 is 2.00 bits per heavy atom. The van der Waals surface area contributed by atoms with Gasteiger partial charge in [0.2, 0.25) is 0 Å². The monoisotopic (exact) mass is 269 g/mol. The predicted octanol–water partition coefficient (Wildman–Crippen LogP) is 3.39. The number of nitrogens with one attached hydrogen (secondary N) is 1. The highest BCUT2D eigenvalue weighted by Gasteiger charge is 2.10. The van der Waals surface area contributed by atoms with Crippen molar-refractivity contribution in [3.63, 3.8) is 0 Å². The minimum absolute atomic E-state index is 0.360. The molecule has 1 atom stereocenters. The lowest BCUT2D eigenvalue weighted by Crippen LogP contribution is -2.16. The first-order valence-corrected chi connectivity index (χ1v) is 8.31. The number of rotatable bonds is 6. The number of unbranched alkanes of at least 4 members (excludes halogenated alkanes) is 1. The molecular weight excluding hydrogens is 246 g/mol. The summed E-state index contributed by atoms with van der Waals surface area (Å²) in [5.41, 5.74) is 1.99. The van der Waals surface area contributed by atoms with E-state index >= 15 is 0 Å². The molecule has 0 aliphatic carbocycles. The fourth-order valence-corrected chi connectivity index (χ4v) is 2.48. The van der Waals surface area contributed by atoms with Crippen LogP contribution in [0.1, 0.15) is 38.7 Å². The molecule has 18 heavy (non-hydrogen) atoms. The molecule has 0 aromatic heterocycles. The van der Waals surface area contributed by atoms with Crippen LogP contribution in [0.2, 0.25) is 0 Å². The molecule has 3 nitrogen and oxygen atoms in total. The molecule has 1 aromatic carbocycles. The van der Waals surface area contributed by atoms with Crippen LogP contribution in [0.25, 0.3) is 0 Å². The first-order chi connectivity index (χ1) is 8.34. The Bertz CT molecular complexity index is 495. The molecule has 0 heterocycles. The van der Waals surface area contributed by atoms with Crippen LogP contribution in [0.15, 0.2) is 23.1 Å². The maximum absolute atomic E-state index is 11.5. The summed E-state index contributed by atoms with van der Waals surface area (Å²) in [6, 6.07) is 5.60. The summed E-state index contributed by atoms with van der Waals surface area (Å²) in [4.78, 5) is 0.373. The van der Waals surface area contributed by atoms with Gasteiger partial charge in [-0.3, -0.25) is 0 Å². The number of sulfone groups is 1. The van der Waals surface area contributed by atoms with Gasteiger partial charge >= 0.3 is 0 Å². The van der Waals surface area contributed by atoms with Gasteiger partial charge < -0.3 is 5.32 Å². The Labute approximate surface area is 111 Å². The number of hydrogen-bond acceptors (Lipinski definition) is 3. The van der Waals surface area contributed by atoms with E-state index in [9.17, 15) is 8.42 Å². The highest BCUT2D eigenvalue weighted by atomic mass is 32.2. The van der Waals surface area contributed by atoms with E-state index in [-0.39, 0.29) is 0 Å². The van der Waals surface area contributed by atoms with Crippen molar-refractivity contribution in [2.45, 2.75) is 51.0 Å². The SMILES string of the molecule is CCCCC(C)Nc1cc(S(C)(=O)=O)ccc1C. The van der Waals surface area contributed by atoms with Gasteiger partial charge in [0.1, 0.15) is 0 Å². The summed E-state index contributed by atoms with van der Waals surface area (Å²) in [7, 11) is -3.13. The van der Waals surface area contributed by atoms with E-state index in [0.717, 1.165) is 17.7 Å². The third kappa shape index (κ3) is 4.33. The van der Waals surface area contributed by atoms with Gasteiger partial charge in [-0.25, -0.2) is 8.42 Å². The molecule has 0 aliphatic rings.